The molecule has 0 aliphatic rings. The minimum absolute atomic E-state index is 0.448. The van der Waals surface area contributed by atoms with E-state index in [0.717, 1.165) is 0 Å². The molecule has 0 fully saturated rings. The molecule has 0 unspecified atom stereocenters. The molecule has 0 aromatic rings. The van der Waals surface area contributed by atoms with E-state index in [2.05, 4.69) is 10.0 Å². The molecule has 0 heterocycles. The van der Waals surface area contributed by atoms with Crippen LogP contribution in [-0.4, -0.2) is 42.3 Å². The summed E-state index contributed by atoms with van der Waals surface area (Å²) in [4.78, 5) is 4.57. The molecule has 0 rings (SSSR count). The largest absolute Gasteiger partial charge is 0.389 e. The molecule has 0 saturated heterocycles. The van der Waals surface area contributed by atoms with Crippen molar-refractivity contribution in [2.75, 3.05) is 26.7 Å². The normalized spacial score (nSPS) is 11.4. The number of likely N-dealkylation sites (N-methyl/N-ethyl adjacent to an activating group) is 1. The van der Waals surface area contributed by atoms with Crippen molar-refractivity contribution in [2.24, 2.45) is 5.11 Å². The minimum Gasteiger partial charge on any atom is -0.389 e. The van der Waals surface area contributed by atoms with Crippen LogP contribution in [0.2, 0.25) is 0 Å². The average Bonchev–Trinajstić information content (AvgIpc) is 1.84. The molecule has 0 aliphatic heterocycles. The van der Waals surface area contributed by atoms with Crippen LogP contribution in [0.25, 0.3) is 10.4 Å². The molecule has 0 atom stereocenters. The van der Waals surface area contributed by atoms with Crippen molar-refractivity contribution in [1.82, 2.24) is 4.90 Å². The van der Waals surface area contributed by atoms with E-state index in [1.807, 2.05) is 11.9 Å². The summed E-state index contributed by atoms with van der Waals surface area (Å²) in [5.41, 5.74) is 7.31. The third-order valence-corrected chi connectivity index (χ3v) is 1.30. The Bertz CT molecular complexity index is 169. The van der Waals surface area contributed by atoms with Gasteiger partial charge in [-0.05, 0) is 26.4 Å². The van der Waals surface area contributed by atoms with Crippen LogP contribution in [0, 0.1) is 0 Å². The van der Waals surface area contributed by atoms with Gasteiger partial charge in [-0.25, -0.2) is 0 Å². The van der Waals surface area contributed by atoms with Gasteiger partial charge >= 0.3 is 0 Å². The van der Waals surface area contributed by atoms with E-state index in [9.17, 15) is 5.11 Å². The van der Waals surface area contributed by atoms with E-state index < -0.39 is 5.60 Å². The van der Waals surface area contributed by atoms with Crippen molar-refractivity contribution in [3.05, 3.63) is 10.4 Å². The summed E-state index contributed by atoms with van der Waals surface area (Å²) in [6.07, 6.45) is 0. The van der Waals surface area contributed by atoms with Gasteiger partial charge in [-0.1, -0.05) is 5.11 Å². The predicted molar refractivity (Wildman–Crippen MR) is 47.8 cm³/mol. The van der Waals surface area contributed by atoms with E-state index in [0.29, 0.717) is 19.6 Å². The lowest BCUT2D eigenvalue weighted by atomic mass is 10.1. The van der Waals surface area contributed by atoms with E-state index in [-0.39, 0.29) is 0 Å². The summed E-state index contributed by atoms with van der Waals surface area (Å²) < 4.78 is 0. The highest BCUT2D eigenvalue weighted by Gasteiger charge is 2.14. The van der Waals surface area contributed by atoms with Crippen molar-refractivity contribution >= 4 is 0 Å². The van der Waals surface area contributed by atoms with Crippen LogP contribution in [0.4, 0.5) is 0 Å². The fourth-order valence-electron chi connectivity index (χ4n) is 1.000. The summed E-state index contributed by atoms with van der Waals surface area (Å²) in [5, 5.41) is 12.8. The molecule has 0 bridgehead atoms. The minimum atomic E-state index is -0.689. The highest BCUT2D eigenvalue weighted by atomic mass is 16.3. The molecule has 0 radical (unpaired) electrons. The Balaban J connectivity index is 3.59. The van der Waals surface area contributed by atoms with Gasteiger partial charge in [0.25, 0.3) is 0 Å². The Morgan fingerprint density at radius 1 is 1.58 bits per heavy atom. The first-order valence-corrected chi connectivity index (χ1v) is 3.87. The fraction of sp³-hybridized carbons (Fsp3) is 1.00. The summed E-state index contributed by atoms with van der Waals surface area (Å²) >= 11 is 0. The predicted octanol–water partition coefficient (Wildman–Crippen LogP) is 0.999. The van der Waals surface area contributed by atoms with Crippen LogP contribution in [-0.2, 0) is 0 Å². The van der Waals surface area contributed by atoms with Crippen molar-refractivity contribution in [3.63, 3.8) is 0 Å². The summed E-state index contributed by atoms with van der Waals surface area (Å²) in [5.74, 6) is 0. The zero-order valence-corrected chi connectivity index (χ0v) is 7.86. The van der Waals surface area contributed by atoms with Gasteiger partial charge in [0.2, 0.25) is 0 Å². The van der Waals surface area contributed by atoms with Crippen LogP contribution in [0.3, 0.4) is 0 Å². The number of hydrogen-bond acceptors (Lipinski definition) is 3. The molecule has 1 N–H and O–H groups in total. The first-order chi connectivity index (χ1) is 5.45. The van der Waals surface area contributed by atoms with E-state index in [4.69, 9.17) is 5.53 Å². The third-order valence-electron chi connectivity index (χ3n) is 1.30. The number of aliphatic hydroxyl groups is 1. The van der Waals surface area contributed by atoms with Crippen molar-refractivity contribution in [3.8, 4) is 0 Å². The topological polar surface area (TPSA) is 72.2 Å². The second-order valence-corrected chi connectivity index (χ2v) is 3.50. The summed E-state index contributed by atoms with van der Waals surface area (Å²) in [6.45, 7) is 5.19. The standard InChI is InChI=1S/C7H16N4O/c1-7(2,12)6-11(3)5-4-9-10-8/h12H,4-6H2,1-3H3. The zero-order valence-electron chi connectivity index (χ0n) is 7.86. The number of nitrogens with zero attached hydrogens (tertiary/aromatic N) is 4. The molecule has 0 amide bonds. The quantitative estimate of drug-likeness (QED) is 0.381. The van der Waals surface area contributed by atoms with Crippen LogP contribution < -0.4 is 0 Å². The molecule has 70 valence electrons. The summed E-state index contributed by atoms with van der Waals surface area (Å²) in [7, 11) is 1.88. The molecular weight excluding hydrogens is 156 g/mol. The Labute approximate surface area is 72.6 Å². The third kappa shape index (κ3) is 7.34. The lowest BCUT2D eigenvalue weighted by Gasteiger charge is -2.24. The van der Waals surface area contributed by atoms with Gasteiger partial charge in [-0.2, -0.15) is 0 Å². The molecule has 0 spiro atoms. The highest BCUT2D eigenvalue weighted by molar-refractivity contribution is 4.70. The van der Waals surface area contributed by atoms with Gasteiger partial charge in [-0.3, -0.25) is 0 Å². The Morgan fingerprint density at radius 2 is 2.17 bits per heavy atom. The zero-order chi connectivity index (χ0) is 9.61. The first kappa shape index (κ1) is 11.2. The maximum atomic E-state index is 9.40. The number of rotatable bonds is 5. The molecule has 5 nitrogen and oxygen atoms in total. The maximum absolute atomic E-state index is 9.40. The monoisotopic (exact) mass is 172 g/mol. The van der Waals surface area contributed by atoms with E-state index >= 15 is 0 Å². The van der Waals surface area contributed by atoms with Crippen LogP contribution >= 0.6 is 0 Å². The van der Waals surface area contributed by atoms with Crippen molar-refractivity contribution in [1.29, 1.82) is 0 Å². The molecule has 12 heavy (non-hydrogen) atoms. The van der Waals surface area contributed by atoms with Crippen molar-refractivity contribution in [2.45, 2.75) is 19.4 Å². The Morgan fingerprint density at radius 3 is 2.58 bits per heavy atom. The molecule has 0 aromatic heterocycles. The second kappa shape index (κ2) is 4.98. The van der Waals surface area contributed by atoms with E-state index in [1.54, 1.807) is 13.8 Å². The SMILES string of the molecule is CN(CCN=[N+]=[N-])CC(C)(C)O. The number of hydrogen-bond donors (Lipinski definition) is 1. The second-order valence-electron chi connectivity index (χ2n) is 3.50. The lowest BCUT2D eigenvalue weighted by Crippen LogP contribution is -2.37. The Kier molecular flexibility index (Phi) is 4.66. The van der Waals surface area contributed by atoms with Gasteiger partial charge in [0.05, 0.1) is 5.60 Å². The molecule has 0 aliphatic carbocycles. The van der Waals surface area contributed by atoms with Crippen LogP contribution in [0.5, 0.6) is 0 Å². The van der Waals surface area contributed by atoms with Gasteiger partial charge in [-0.15, -0.1) is 0 Å². The fourth-order valence-corrected chi connectivity index (χ4v) is 1.000. The smallest absolute Gasteiger partial charge is 0.0718 e. The van der Waals surface area contributed by atoms with Crippen LogP contribution in [0.15, 0.2) is 5.11 Å². The van der Waals surface area contributed by atoms with Gasteiger partial charge < -0.3 is 10.0 Å². The van der Waals surface area contributed by atoms with Crippen LogP contribution in [0.1, 0.15) is 13.8 Å². The Hall–Kier alpha value is -0.770. The maximum Gasteiger partial charge on any atom is 0.0718 e. The molecule has 0 aromatic carbocycles. The van der Waals surface area contributed by atoms with Gasteiger partial charge in [0.15, 0.2) is 0 Å². The van der Waals surface area contributed by atoms with E-state index in [1.165, 1.54) is 0 Å². The molecule has 0 saturated carbocycles. The summed E-state index contributed by atoms with van der Waals surface area (Å²) in [6, 6.07) is 0. The average molecular weight is 172 g/mol. The number of azide groups is 1. The molecular formula is C7H16N4O. The van der Waals surface area contributed by atoms with Crippen molar-refractivity contribution < 1.29 is 5.11 Å². The lowest BCUT2D eigenvalue weighted by molar-refractivity contribution is 0.0455. The van der Waals surface area contributed by atoms with Gasteiger partial charge in [0.1, 0.15) is 0 Å². The first-order valence-electron chi connectivity index (χ1n) is 3.87. The molecule has 5 heteroatoms. The van der Waals surface area contributed by atoms with Gasteiger partial charge in [0, 0.05) is 24.5 Å². The highest BCUT2D eigenvalue weighted by Crippen LogP contribution is 2.02.